The van der Waals surface area contributed by atoms with Gasteiger partial charge in [-0.2, -0.15) is 0 Å². The quantitative estimate of drug-likeness (QED) is 0.524. The van der Waals surface area contributed by atoms with E-state index in [0.717, 1.165) is 6.07 Å². The Morgan fingerprint density at radius 1 is 1.14 bits per heavy atom. The largest absolute Gasteiger partial charge is 1.00 e. The topological polar surface area (TPSA) is 31.2 Å². The van der Waals surface area contributed by atoms with Crippen LogP contribution in [0.4, 0.5) is 17.3 Å². The van der Waals surface area contributed by atoms with Gasteiger partial charge in [0.15, 0.2) is 0 Å². The first-order valence-corrected chi connectivity index (χ1v) is 6.15. The molecule has 112 valence electrons. The molecule has 0 spiro atoms. The minimum atomic E-state index is -5.38. The van der Waals surface area contributed by atoms with E-state index in [0.29, 0.717) is 12.1 Å². The molecule has 1 aromatic heterocycles. The van der Waals surface area contributed by atoms with E-state index in [1.54, 1.807) is 18.3 Å². The number of aromatic nitrogens is 1. The van der Waals surface area contributed by atoms with Crippen molar-refractivity contribution in [2.45, 2.75) is 6.54 Å². The van der Waals surface area contributed by atoms with Crippen LogP contribution in [0.25, 0.3) is 0 Å². The van der Waals surface area contributed by atoms with Gasteiger partial charge in [-0.05, 0) is 12.1 Å². The van der Waals surface area contributed by atoms with Crippen molar-refractivity contribution in [3.8, 4) is 5.75 Å². The van der Waals surface area contributed by atoms with E-state index in [1.165, 1.54) is 10.6 Å². The minimum absolute atomic E-state index is 0. The van der Waals surface area contributed by atoms with Crippen molar-refractivity contribution in [1.82, 2.24) is 4.57 Å². The van der Waals surface area contributed by atoms with Crippen LogP contribution in [0.1, 0.15) is 0 Å². The molecular weight excluding hydrogens is 328 g/mol. The molecule has 2 aromatic rings. The number of halogens is 4. The van der Waals surface area contributed by atoms with Crippen LogP contribution < -0.4 is 67.1 Å². The maximum atomic E-state index is 13.3. The van der Waals surface area contributed by atoms with Crippen molar-refractivity contribution < 1.29 is 73.5 Å². The summed E-state index contributed by atoms with van der Waals surface area (Å²) in [6.45, 7) is -5.12. The number of hydrogen-bond acceptors (Lipinski definition) is 2. The fourth-order valence-corrected chi connectivity index (χ4v) is 1.77. The summed E-state index contributed by atoms with van der Waals surface area (Å²) in [4.78, 5) is 11.4. The second-order valence-corrected chi connectivity index (χ2v) is 4.34. The first-order valence-electron chi connectivity index (χ1n) is 6.15. The van der Waals surface area contributed by atoms with E-state index in [2.05, 4.69) is 0 Å². The molecule has 1 aromatic carbocycles. The molecule has 0 saturated carbocycles. The molecule has 0 atom stereocenters. The number of nitrogens with zero attached hydrogens (tertiary/aromatic N) is 1. The summed E-state index contributed by atoms with van der Waals surface area (Å²) in [5.74, 6) is -1.38. The molecule has 0 fully saturated rings. The van der Waals surface area contributed by atoms with E-state index >= 15 is 0 Å². The normalized spacial score (nSPS) is 10.9. The Balaban J connectivity index is 0.00000242. The number of benzene rings is 1. The maximum Gasteiger partial charge on any atom is 1.00 e. The van der Waals surface area contributed by atoms with Gasteiger partial charge in [0.1, 0.15) is 12.4 Å². The van der Waals surface area contributed by atoms with Crippen molar-refractivity contribution in [3.63, 3.8) is 0 Å². The predicted molar refractivity (Wildman–Crippen MR) is 71.3 cm³/mol. The van der Waals surface area contributed by atoms with Gasteiger partial charge in [0.05, 0.1) is 12.4 Å². The zero-order valence-corrected chi connectivity index (χ0v) is 14.9. The van der Waals surface area contributed by atoms with Crippen molar-refractivity contribution in [2.24, 2.45) is 0 Å². The molecule has 0 saturated heterocycles. The van der Waals surface area contributed by atoms with Gasteiger partial charge in [-0.3, -0.25) is 4.79 Å². The summed E-state index contributed by atoms with van der Waals surface area (Å²) in [7, 11) is 0. The van der Waals surface area contributed by atoms with E-state index in [4.69, 9.17) is 4.74 Å². The van der Waals surface area contributed by atoms with Crippen LogP contribution >= 0.6 is 0 Å². The fraction of sp³-hybridized carbons (Fsp3) is 0.154. The summed E-state index contributed by atoms with van der Waals surface area (Å²) >= 11 is 0. The summed E-state index contributed by atoms with van der Waals surface area (Å²) in [5.41, 5.74) is -1.50. The molecule has 0 bridgehead atoms. The molecule has 1 heterocycles. The number of hydrogen-bond donors (Lipinski definition) is 0. The maximum absolute atomic E-state index is 13.3. The molecule has 0 aliphatic carbocycles. The third-order valence-corrected chi connectivity index (χ3v) is 2.82. The van der Waals surface area contributed by atoms with Crippen LogP contribution in [0.2, 0.25) is 0 Å². The Hall–Kier alpha value is -0.609. The van der Waals surface area contributed by atoms with Crippen LogP contribution in [-0.4, -0.2) is 18.2 Å². The van der Waals surface area contributed by atoms with Crippen molar-refractivity contribution >= 4 is 12.4 Å². The Morgan fingerprint density at radius 3 is 2.45 bits per heavy atom. The summed E-state index contributed by atoms with van der Waals surface area (Å²) in [6, 6.07) is 7.03. The average Bonchev–Trinajstić information content (AvgIpc) is 2.39. The van der Waals surface area contributed by atoms with Crippen molar-refractivity contribution in [3.05, 3.63) is 58.8 Å². The Morgan fingerprint density at radius 2 is 1.86 bits per heavy atom. The minimum Gasteiger partial charge on any atom is -0.492 e. The predicted octanol–water partition coefficient (Wildman–Crippen LogP) is -0.875. The van der Waals surface area contributed by atoms with Crippen LogP contribution in [0.5, 0.6) is 5.75 Å². The van der Waals surface area contributed by atoms with Gasteiger partial charge in [-0.25, -0.2) is 4.39 Å². The first kappa shape index (κ1) is 19.4. The van der Waals surface area contributed by atoms with Crippen LogP contribution in [-0.2, 0) is 6.54 Å². The number of pyridine rings is 1. The number of ether oxygens (including phenoxy) is 1. The zero-order chi connectivity index (χ0) is 15.5. The fourth-order valence-electron chi connectivity index (χ4n) is 1.77. The SMILES string of the molecule is O=c1ccccn1CCOc1ccc([B-](F)(F)F)c(F)c1.[K+]. The number of rotatable bonds is 5. The Bertz CT molecular complexity index is 690. The van der Waals surface area contributed by atoms with Crippen LogP contribution in [0, 0.1) is 5.82 Å². The third-order valence-electron chi connectivity index (χ3n) is 2.82. The molecular formula is C13H11BF4KNO2. The van der Waals surface area contributed by atoms with Crippen molar-refractivity contribution in [1.29, 1.82) is 0 Å². The molecule has 0 aliphatic rings. The zero-order valence-electron chi connectivity index (χ0n) is 11.8. The van der Waals surface area contributed by atoms with Gasteiger partial charge in [-0.15, -0.1) is 0 Å². The van der Waals surface area contributed by atoms with Crippen LogP contribution in [0.15, 0.2) is 47.4 Å². The molecule has 9 heteroatoms. The van der Waals surface area contributed by atoms with Gasteiger partial charge in [0.25, 0.3) is 5.56 Å². The second-order valence-electron chi connectivity index (χ2n) is 4.34. The smallest absolute Gasteiger partial charge is 0.492 e. The molecule has 0 aliphatic heterocycles. The van der Waals surface area contributed by atoms with Gasteiger partial charge < -0.3 is 22.3 Å². The standard InChI is InChI=1S/C13H11BF4NO2.K/c15-12-9-10(4-5-11(12)14(16,17)18)21-8-7-19-6-2-1-3-13(19)20;/h1-6,9H,7-8H2;/q-1;+1. The molecule has 22 heavy (non-hydrogen) atoms. The van der Waals surface area contributed by atoms with E-state index < -0.39 is 18.3 Å². The summed E-state index contributed by atoms with van der Waals surface area (Å²) in [6.07, 6.45) is 1.56. The molecule has 0 amide bonds. The monoisotopic (exact) mass is 339 g/mol. The second kappa shape index (κ2) is 8.30. The van der Waals surface area contributed by atoms with E-state index in [9.17, 15) is 22.1 Å². The van der Waals surface area contributed by atoms with E-state index in [1.807, 2.05) is 0 Å². The first-order chi connectivity index (χ1) is 9.88. The molecule has 3 nitrogen and oxygen atoms in total. The van der Waals surface area contributed by atoms with Crippen LogP contribution in [0.3, 0.4) is 0 Å². The van der Waals surface area contributed by atoms with Crippen molar-refractivity contribution in [2.75, 3.05) is 6.61 Å². The molecule has 2 rings (SSSR count). The summed E-state index contributed by atoms with van der Waals surface area (Å²) in [5, 5.41) is 0. The Labute approximate surface area is 166 Å². The third kappa shape index (κ3) is 5.24. The van der Waals surface area contributed by atoms with Gasteiger partial charge in [0, 0.05) is 18.3 Å². The summed E-state index contributed by atoms with van der Waals surface area (Å²) < 4.78 is 57.2. The van der Waals surface area contributed by atoms with Gasteiger partial charge >= 0.3 is 58.4 Å². The van der Waals surface area contributed by atoms with E-state index in [-0.39, 0.29) is 75.8 Å². The molecule has 0 radical (unpaired) electrons. The molecule has 0 N–H and O–H groups in total. The Kier molecular flexibility index (Phi) is 7.33. The van der Waals surface area contributed by atoms with Gasteiger partial charge in [-0.1, -0.05) is 17.6 Å². The molecule has 0 unspecified atom stereocenters. The average molecular weight is 339 g/mol. The van der Waals surface area contributed by atoms with Gasteiger partial charge in [0.2, 0.25) is 0 Å².